The van der Waals surface area contributed by atoms with E-state index in [-0.39, 0.29) is 12.1 Å². The van der Waals surface area contributed by atoms with Gasteiger partial charge in [0.25, 0.3) is 0 Å². The molecule has 90 valence electrons. The van der Waals surface area contributed by atoms with Crippen LogP contribution >= 0.6 is 11.3 Å². The molecule has 0 saturated heterocycles. The molecular formula is C13H15NO2S. The fourth-order valence-electron chi connectivity index (χ4n) is 1.83. The number of alkyl carbamates (subject to hydrolysis) is 1. The van der Waals surface area contributed by atoms with E-state index in [9.17, 15) is 4.79 Å². The summed E-state index contributed by atoms with van der Waals surface area (Å²) < 4.78 is 5.87. The molecular weight excluding hydrogens is 234 g/mol. The Labute approximate surface area is 104 Å². The molecule has 2 rings (SSSR count). The normalized spacial score (nSPS) is 12.4. The summed E-state index contributed by atoms with van der Waals surface area (Å²) >= 11 is 1.74. The molecule has 4 heteroatoms. The molecule has 1 aromatic heterocycles. The second-order valence-corrected chi connectivity index (χ2v) is 4.91. The van der Waals surface area contributed by atoms with Gasteiger partial charge in [-0.2, -0.15) is 0 Å². The van der Waals surface area contributed by atoms with Gasteiger partial charge in [-0.3, -0.25) is 0 Å². The number of amides is 1. The average molecular weight is 249 g/mol. The Balaban J connectivity index is 2.10. The van der Waals surface area contributed by atoms with Crippen molar-refractivity contribution >= 4 is 27.5 Å². The second-order valence-electron chi connectivity index (χ2n) is 4.00. The van der Waals surface area contributed by atoms with E-state index in [1.165, 1.54) is 22.8 Å². The Morgan fingerprint density at radius 3 is 3.00 bits per heavy atom. The highest BCUT2D eigenvalue weighted by Crippen LogP contribution is 2.26. The van der Waals surface area contributed by atoms with Crippen LogP contribution in [0.15, 0.2) is 29.6 Å². The van der Waals surface area contributed by atoms with E-state index in [1.807, 2.05) is 19.1 Å². The molecule has 1 aromatic carbocycles. The number of hydrogen-bond acceptors (Lipinski definition) is 3. The molecule has 1 amide bonds. The first-order chi connectivity index (χ1) is 8.20. The van der Waals surface area contributed by atoms with Gasteiger partial charge < -0.3 is 10.1 Å². The van der Waals surface area contributed by atoms with Crippen LogP contribution in [-0.2, 0) is 11.2 Å². The van der Waals surface area contributed by atoms with Crippen LogP contribution in [0.5, 0.6) is 0 Å². The van der Waals surface area contributed by atoms with Gasteiger partial charge in [-0.05, 0) is 35.7 Å². The van der Waals surface area contributed by atoms with Crippen LogP contribution in [0.4, 0.5) is 4.79 Å². The predicted octanol–water partition coefficient (Wildman–Crippen LogP) is 3.19. The van der Waals surface area contributed by atoms with Crippen LogP contribution in [0.3, 0.4) is 0 Å². The number of thiophene rings is 1. The van der Waals surface area contributed by atoms with Crippen LogP contribution in [0.25, 0.3) is 10.1 Å². The number of ether oxygens (including phenoxy) is 1. The summed E-state index contributed by atoms with van der Waals surface area (Å²) in [4.78, 5) is 11.1. The first-order valence-corrected chi connectivity index (χ1v) is 6.38. The molecule has 2 aromatic rings. The van der Waals surface area contributed by atoms with E-state index >= 15 is 0 Å². The van der Waals surface area contributed by atoms with E-state index in [1.54, 1.807) is 11.3 Å². The fraction of sp³-hybridized carbons (Fsp3) is 0.308. The molecule has 0 unspecified atom stereocenters. The number of hydrogen-bond donors (Lipinski definition) is 1. The van der Waals surface area contributed by atoms with Crippen LogP contribution in [-0.4, -0.2) is 19.2 Å². The minimum absolute atomic E-state index is 0.0699. The summed E-state index contributed by atoms with van der Waals surface area (Å²) in [6.45, 7) is 1.98. The molecule has 3 nitrogen and oxygen atoms in total. The Kier molecular flexibility index (Phi) is 3.64. The van der Waals surface area contributed by atoms with Crippen LogP contribution in [0.2, 0.25) is 0 Å². The highest BCUT2D eigenvalue weighted by Gasteiger charge is 2.10. The molecule has 0 radical (unpaired) electrons. The number of methoxy groups -OCH3 is 1. The van der Waals surface area contributed by atoms with E-state index in [4.69, 9.17) is 0 Å². The third-order valence-electron chi connectivity index (χ3n) is 2.64. The van der Waals surface area contributed by atoms with Crippen molar-refractivity contribution in [1.82, 2.24) is 5.32 Å². The van der Waals surface area contributed by atoms with Crippen LogP contribution in [0, 0.1) is 0 Å². The molecule has 0 saturated carbocycles. The molecule has 1 atom stereocenters. The van der Waals surface area contributed by atoms with Crippen molar-refractivity contribution in [2.75, 3.05) is 7.11 Å². The lowest BCUT2D eigenvalue weighted by Crippen LogP contribution is -2.33. The number of rotatable bonds is 3. The third-order valence-corrected chi connectivity index (χ3v) is 3.65. The van der Waals surface area contributed by atoms with Crippen molar-refractivity contribution in [3.8, 4) is 0 Å². The average Bonchev–Trinajstić information content (AvgIpc) is 2.72. The van der Waals surface area contributed by atoms with Gasteiger partial charge in [0.2, 0.25) is 0 Å². The molecule has 1 heterocycles. The molecule has 0 aliphatic carbocycles. The van der Waals surface area contributed by atoms with Gasteiger partial charge in [0.1, 0.15) is 0 Å². The number of benzene rings is 1. The third kappa shape index (κ3) is 2.77. The van der Waals surface area contributed by atoms with Gasteiger partial charge >= 0.3 is 6.09 Å². The summed E-state index contributed by atoms with van der Waals surface area (Å²) in [6.07, 6.45) is 0.441. The smallest absolute Gasteiger partial charge is 0.407 e. The van der Waals surface area contributed by atoms with Crippen molar-refractivity contribution in [3.05, 3.63) is 35.2 Å². The topological polar surface area (TPSA) is 38.3 Å². The van der Waals surface area contributed by atoms with Gasteiger partial charge in [-0.15, -0.1) is 11.3 Å². The predicted molar refractivity (Wildman–Crippen MR) is 70.5 cm³/mol. The summed E-state index contributed by atoms with van der Waals surface area (Å²) in [6, 6.07) is 8.38. The molecule has 0 spiro atoms. The first-order valence-electron chi connectivity index (χ1n) is 5.50. The highest BCUT2D eigenvalue weighted by atomic mass is 32.1. The van der Waals surface area contributed by atoms with Crippen molar-refractivity contribution in [2.24, 2.45) is 0 Å². The summed E-state index contributed by atoms with van der Waals surface area (Å²) in [5, 5.41) is 6.20. The molecule has 0 bridgehead atoms. The van der Waals surface area contributed by atoms with Crippen LogP contribution in [0.1, 0.15) is 12.5 Å². The largest absolute Gasteiger partial charge is 0.453 e. The maximum absolute atomic E-state index is 11.1. The highest BCUT2D eigenvalue weighted by molar-refractivity contribution is 7.17. The SMILES string of the molecule is COC(=O)N[C@H](C)Cc1csc2ccccc12. The van der Waals surface area contributed by atoms with Gasteiger partial charge in [-0.1, -0.05) is 18.2 Å². The minimum Gasteiger partial charge on any atom is -0.453 e. The summed E-state index contributed by atoms with van der Waals surface area (Å²) in [7, 11) is 1.38. The summed E-state index contributed by atoms with van der Waals surface area (Å²) in [5.74, 6) is 0. The summed E-state index contributed by atoms with van der Waals surface area (Å²) in [5.41, 5.74) is 1.27. The van der Waals surface area contributed by atoms with Gasteiger partial charge in [0.05, 0.1) is 7.11 Å². The lowest BCUT2D eigenvalue weighted by molar-refractivity contribution is 0.167. The lowest BCUT2D eigenvalue weighted by atomic mass is 10.1. The Morgan fingerprint density at radius 2 is 2.24 bits per heavy atom. The molecule has 17 heavy (non-hydrogen) atoms. The first kappa shape index (κ1) is 11.9. The Morgan fingerprint density at radius 1 is 1.47 bits per heavy atom. The van der Waals surface area contributed by atoms with Gasteiger partial charge in [-0.25, -0.2) is 4.79 Å². The van der Waals surface area contributed by atoms with Crippen molar-refractivity contribution in [3.63, 3.8) is 0 Å². The fourth-order valence-corrected chi connectivity index (χ4v) is 2.81. The number of fused-ring (bicyclic) bond motifs is 1. The quantitative estimate of drug-likeness (QED) is 0.907. The lowest BCUT2D eigenvalue weighted by Gasteiger charge is -2.12. The standard InChI is InChI=1S/C13H15NO2S/c1-9(14-13(15)16-2)7-10-8-17-12-6-4-3-5-11(10)12/h3-6,8-9H,7H2,1-2H3,(H,14,15)/t9-/m1/s1. The van der Waals surface area contributed by atoms with Gasteiger partial charge in [0, 0.05) is 10.7 Å². The zero-order valence-corrected chi connectivity index (χ0v) is 10.7. The van der Waals surface area contributed by atoms with Gasteiger partial charge in [0.15, 0.2) is 0 Å². The Bertz CT molecular complexity index is 521. The molecule has 0 fully saturated rings. The van der Waals surface area contributed by atoms with Crippen molar-refractivity contribution < 1.29 is 9.53 Å². The van der Waals surface area contributed by atoms with Crippen molar-refractivity contribution in [2.45, 2.75) is 19.4 Å². The molecule has 0 aliphatic rings. The zero-order chi connectivity index (χ0) is 12.3. The minimum atomic E-state index is -0.378. The number of carbonyl (C=O) groups is 1. The number of nitrogens with one attached hydrogen (secondary N) is 1. The number of carbonyl (C=O) groups excluding carboxylic acids is 1. The van der Waals surface area contributed by atoms with E-state index in [0.29, 0.717) is 0 Å². The zero-order valence-electron chi connectivity index (χ0n) is 9.90. The van der Waals surface area contributed by atoms with E-state index < -0.39 is 0 Å². The maximum atomic E-state index is 11.1. The monoisotopic (exact) mass is 249 g/mol. The van der Waals surface area contributed by atoms with E-state index in [2.05, 4.69) is 27.6 Å². The van der Waals surface area contributed by atoms with Crippen LogP contribution < -0.4 is 5.32 Å². The van der Waals surface area contributed by atoms with Crippen molar-refractivity contribution in [1.29, 1.82) is 0 Å². The maximum Gasteiger partial charge on any atom is 0.407 e. The second kappa shape index (κ2) is 5.19. The molecule has 1 N–H and O–H groups in total. The molecule has 0 aliphatic heterocycles. The Hall–Kier alpha value is -1.55. The van der Waals surface area contributed by atoms with E-state index in [0.717, 1.165) is 6.42 Å².